The summed E-state index contributed by atoms with van der Waals surface area (Å²) in [6.07, 6.45) is 7.22. The van der Waals surface area contributed by atoms with E-state index in [0.29, 0.717) is 0 Å². The first-order valence-electron chi connectivity index (χ1n) is 4.47. The third-order valence-electron chi connectivity index (χ3n) is 2.54. The smallest absolute Gasteiger partial charge is 0.00479 e. The van der Waals surface area contributed by atoms with Crippen LogP contribution in [0, 0.1) is 5.92 Å². The second-order valence-corrected chi connectivity index (χ2v) is 4.47. The van der Waals surface area contributed by atoms with Crippen LogP contribution in [-0.2, 0) is 6.42 Å². The number of thiophene rings is 1. The van der Waals surface area contributed by atoms with Gasteiger partial charge in [-0.05, 0) is 23.8 Å². The minimum Gasteiger partial charge on any atom is -0.149 e. The molecule has 0 aromatic carbocycles. The average molecular weight is 166 g/mol. The van der Waals surface area contributed by atoms with E-state index < -0.39 is 0 Å². The lowest BCUT2D eigenvalue weighted by Crippen LogP contribution is -1.95. The second-order valence-electron chi connectivity index (χ2n) is 3.43. The van der Waals surface area contributed by atoms with Gasteiger partial charge in [-0.3, -0.25) is 0 Å². The molecule has 11 heavy (non-hydrogen) atoms. The highest BCUT2D eigenvalue weighted by Crippen LogP contribution is 2.29. The van der Waals surface area contributed by atoms with E-state index in [4.69, 9.17) is 0 Å². The fourth-order valence-corrected chi connectivity index (χ4v) is 2.75. The Morgan fingerprint density at radius 2 is 2.18 bits per heavy atom. The molecule has 0 N–H and O–H groups in total. The molecule has 1 aliphatic rings. The summed E-state index contributed by atoms with van der Waals surface area (Å²) in [5.74, 6) is 1.01. The molecule has 0 saturated heterocycles. The quantitative estimate of drug-likeness (QED) is 0.631. The average Bonchev–Trinajstić information content (AvgIpc) is 2.60. The van der Waals surface area contributed by atoms with Crippen molar-refractivity contribution in [3.8, 4) is 0 Å². The lowest BCUT2D eigenvalue weighted by Gasteiger charge is -2.04. The Hall–Kier alpha value is -0.300. The van der Waals surface area contributed by atoms with E-state index >= 15 is 0 Å². The molecule has 1 heteroatoms. The summed E-state index contributed by atoms with van der Waals surface area (Å²) in [5, 5.41) is 2.18. The molecular weight excluding hydrogens is 152 g/mol. The van der Waals surface area contributed by atoms with E-state index in [2.05, 4.69) is 17.5 Å². The number of hydrogen-bond acceptors (Lipinski definition) is 1. The number of hydrogen-bond donors (Lipinski definition) is 0. The first-order chi connectivity index (χ1) is 5.45. The molecule has 0 atom stereocenters. The zero-order valence-corrected chi connectivity index (χ0v) is 7.57. The zero-order valence-electron chi connectivity index (χ0n) is 6.75. The van der Waals surface area contributed by atoms with Crippen molar-refractivity contribution in [3.05, 3.63) is 22.4 Å². The van der Waals surface area contributed by atoms with Gasteiger partial charge in [0.15, 0.2) is 0 Å². The third-order valence-corrected chi connectivity index (χ3v) is 3.44. The van der Waals surface area contributed by atoms with Crippen LogP contribution in [0.1, 0.15) is 30.6 Å². The van der Waals surface area contributed by atoms with Crippen LogP contribution in [0.15, 0.2) is 17.5 Å². The van der Waals surface area contributed by atoms with E-state index in [1.54, 1.807) is 4.88 Å². The zero-order chi connectivity index (χ0) is 7.52. The Morgan fingerprint density at radius 3 is 2.82 bits per heavy atom. The highest BCUT2D eigenvalue weighted by Gasteiger charge is 2.15. The fourth-order valence-electron chi connectivity index (χ4n) is 1.93. The lowest BCUT2D eigenvalue weighted by atomic mass is 10.0. The highest BCUT2D eigenvalue weighted by molar-refractivity contribution is 7.09. The van der Waals surface area contributed by atoms with Crippen LogP contribution < -0.4 is 0 Å². The highest BCUT2D eigenvalue weighted by atomic mass is 32.1. The molecule has 0 radical (unpaired) electrons. The van der Waals surface area contributed by atoms with Gasteiger partial charge in [0.2, 0.25) is 0 Å². The molecule has 0 unspecified atom stereocenters. The van der Waals surface area contributed by atoms with Gasteiger partial charge in [-0.1, -0.05) is 31.7 Å². The first kappa shape index (κ1) is 7.35. The summed E-state index contributed by atoms with van der Waals surface area (Å²) in [6.45, 7) is 0. The van der Waals surface area contributed by atoms with E-state index in [1.807, 2.05) is 11.3 Å². The molecule has 0 bridgehead atoms. The molecule has 2 rings (SSSR count). The predicted octanol–water partition coefficient (Wildman–Crippen LogP) is 3.48. The van der Waals surface area contributed by atoms with Gasteiger partial charge in [0, 0.05) is 4.88 Å². The maximum Gasteiger partial charge on any atom is 0.00479 e. The van der Waals surface area contributed by atoms with Gasteiger partial charge in [-0.15, -0.1) is 11.3 Å². The topological polar surface area (TPSA) is 0 Å². The molecule has 1 saturated carbocycles. The molecule has 1 aromatic heterocycles. The Morgan fingerprint density at radius 1 is 1.36 bits per heavy atom. The van der Waals surface area contributed by atoms with Crippen molar-refractivity contribution < 1.29 is 0 Å². The molecule has 60 valence electrons. The molecule has 1 heterocycles. The molecule has 0 amide bonds. The van der Waals surface area contributed by atoms with Crippen LogP contribution in [0.4, 0.5) is 0 Å². The van der Waals surface area contributed by atoms with Crippen LogP contribution in [0.2, 0.25) is 0 Å². The van der Waals surface area contributed by atoms with E-state index in [9.17, 15) is 0 Å². The van der Waals surface area contributed by atoms with Crippen molar-refractivity contribution in [1.82, 2.24) is 0 Å². The van der Waals surface area contributed by atoms with Crippen molar-refractivity contribution in [3.63, 3.8) is 0 Å². The van der Waals surface area contributed by atoms with E-state index in [1.165, 1.54) is 32.1 Å². The van der Waals surface area contributed by atoms with Crippen molar-refractivity contribution in [2.45, 2.75) is 32.1 Å². The minimum atomic E-state index is 1.01. The molecule has 1 fully saturated rings. The Bertz CT molecular complexity index is 195. The summed E-state index contributed by atoms with van der Waals surface area (Å²) < 4.78 is 0. The van der Waals surface area contributed by atoms with E-state index in [-0.39, 0.29) is 0 Å². The van der Waals surface area contributed by atoms with Crippen LogP contribution in [-0.4, -0.2) is 0 Å². The largest absolute Gasteiger partial charge is 0.149 e. The van der Waals surface area contributed by atoms with Crippen molar-refractivity contribution >= 4 is 11.3 Å². The normalized spacial score (nSPS) is 19.3. The van der Waals surface area contributed by atoms with Crippen molar-refractivity contribution in [2.24, 2.45) is 5.92 Å². The fraction of sp³-hybridized carbons (Fsp3) is 0.600. The minimum absolute atomic E-state index is 1.01. The maximum absolute atomic E-state index is 2.27. The summed E-state index contributed by atoms with van der Waals surface area (Å²) in [7, 11) is 0. The summed E-state index contributed by atoms with van der Waals surface area (Å²) >= 11 is 1.91. The summed E-state index contributed by atoms with van der Waals surface area (Å²) in [6, 6.07) is 4.43. The van der Waals surface area contributed by atoms with Gasteiger partial charge in [0.1, 0.15) is 0 Å². The van der Waals surface area contributed by atoms with Crippen LogP contribution in [0.5, 0.6) is 0 Å². The predicted molar refractivity (Wildman–Crippen MR) is 50.0 cm³/mol. The van der Waals surface area contributed by atoms with Gasteiger partial charge in [0.25, 0.3) is 0 Å². The van der Waals surface area contributed by atoms with Gasteiger partial charge in [0.05, 0.1) is 0 Å². The van der Waals surface area contributed by atoms with Gasteiger partial charge < -0.3 is 0 Å². The van der Waals surface area contributed by atoms with Gasteiger partial charge in [-0.2, -0.15) is 0 Å². The van der Waals surface area contributed by atoms with E-state index in [0.717, 1.165) is 5.92 Å². The molecule has 0 aliphatic heterocycles. The molecule has 1 aromatic rings. The second kappa shape index (κ2) is 3.40. The summed E-state index contributed by atoms with van der Waals surface area (Å²) in [4.78, 5) is 1.58. The number of rotatable bonds is 2. The lowest BCUT2D eigenvalue weighted by molar-refractivity contribution is 0.551. The molecular formula is C10H14S. The van der Waals surface area contributed by atoms with Gasteiger partial charge in [-0.25, -0.2) is 0 Å². The maximum atomic E-state index is 2.27. The monoisotopic (exact) mass is 166 g/mol. The molecule has 0 spiro atoms. The van der Waals surface area contributed by atoms with Crippen LogP contribution >= 0.6 is 11.3 Å². The molecule has 0 nitrogen and oxygen atoms in total. The van der Waals surface area contributed by atoms with Crippen molar-refractivity contribution in [2.75, 3.05) is 0 Å². The SMILES string of the molecule is c1csc(CC2CCCC2)c1. The first-order valence-corrected chi connectivity index (χ1v) is 5.35. The Labute approximate surface area is 72.3 Å². The standard InChI is InChI=1S/C10H14S/c1-2-5-9(4-1)8-10-6-3-7-11-10/h3,6-7,9H,1-2,4-5,8H2. The Balaban J connectivity index is 1.90. The van der Waals surface area contributed by atoms with Crippen LogP contribution in [0.3, 0.4) is 0 Å². The third kappa shape index (κ3) is 1.84. The molecule has 1 aliphatic carbocycles. The van der Waals surface area contributed by atoms with Crippen LogP contribution in [0.25, 0.3) is 0 Å². The van der Waals surface area contributed by atoms with Gasteiger partial charge >= 0.3 is 0 Å². The Kier molecular flexibility index (Phi) is 2.27. The van der Waals surface area contributed by atoms with Crippen molar-refractivity contribution in [1.29, 1.82) is 0 Å². The summed E-state index contributed by atoms with van der Waals surface area (Å²) in [5.41, 5.74) is 0.